The van der Waals surface area contributed by atoms with E-state index in [9.17, 15) is 8.78 Å². The van der Waals surface area contributed by atoms with E-state index in [0.29, 0.717) is 5.56 Å². The molecule has 0 nitrogen and oxygen atoms in total. The molecule has 1 aromatic carbocycles. The van der Waals surface area contributed by atoms with E-state index in [0.717, 1.165) is 11.6 Å². The zero-order chi connectivity index (χ0) is 10.8. The van der Waals surface area contributed by atoms with E-state index in [4.69, 9.17) is 0 Å². The molecule has 1 aromatic rings. The quantitative estimate of drug-likeness (QED) is 0.630. The fraction of sp³-hybridized carbons (Fsp3) is 0.333. The Hall–Kier alpha value is -1.18. The van der Waals surface area contributed by atoms with E-state index < -0.39 is 6.08 Å². The molecule has 14 heavy (non-hydrogen) atoms. The highest BCUT2D eigenvalue weighted by molar-refractivity contribution is 5.56. The molecule has 1 rings (SSSR count). The second-order valence-corrected chi connectivity index (χ2v) is 4.27. The fourth-order valence-electron chi connectivity index (χ4n) is 1.42. The summed E-state index contributed by atoms with van der Waals surface area (Å²) in [5, 5.41) is 0. The van der Waals surface area contributed by atoms with Gasteiger partial charge in [-0.2, -0.15) is 8.78 Å². The van der Waals surface area contributed by atoms with Gasteiger partial charge in [-0.05, 0) is 16.5 Å². The summed E-state index contributed by atoms with van der Waals surface area (Å²) in [5.41, 5.74) is 1.43. The number of hydrogen-bond acceptors (Lipinski definition) is 0. The Morgan fingerprint density at radius 1 is 1.14 bits per heavy atom. The van der Waals surface area contributed by atoms with Gasteiger partial charge in [0.1, 0.15) is 0 Å². The normalized spacial score (nSPS) is 11.2. The van der Waals surface area contributed by atoms with Crippen molar-refractivity contribution >= 4 is 6.08 Å². The van der Waals surface area contributed by atoms with E-state index in [1.54, 1.807) is 12.1 Å². The van der Waals surface area contributed by atoms with Crippen LogP contribution in [0.4, 0.5) is 8.78 Å². The van der Waals surface area contributed by atoms with Crippen LogP contribution in [0.2, 0.25) is 0 Å². The number of halogens is 2. The maximum absolute atomic E-state index is 12.1. The third kappa shape index (κ3) is 2.66. The van der Waals surface area contributed by atoms with Crippen molar-refractivity contribution in [2.45, 2.75) is 26.2 Å². The molecular formula is C12H14F2. The van der Waals surface area contributed by atoms with Gasteiger partial charge in [0.15, 0.2) is 0 Å². The van der Waals surface area contributed by atoms with Gasteiger partial charge in [-0.1, -0.05) is 45.0 Å². The Balaban J connectivity index is 3.24. The van der Waals surface area contributed by atoms with Crippen LogP contribution >= 0.6 is 0 Å². The van der Waals surface area contributed by atoms with Gasteiger partial charge >= 0.3 is 0 Å². The molecule has 0 fully saturated rings. The van der Waals surface area contributed by atoms with E-state index in [1.165, 1.54) is 0 Å². The van der Waals surface area contributed by atoms with Crippen LogP contribution in [0.25, 0.3) is 6.08 Å². The minimum atomic E-state index is -1.65. The van der Waals surface area contributed by atoms with Crippen molar-refractivity contribution in [2.24, 2.45) is 0 Å². The molecule has 0 spiro atoms. The van der Waals surface area contributed by atoms with E-state index >= 15 is 0 Å². The van der Waals surface area contributed by atoms with Crippen LogP contribution < -0.4 is 0 Å². The average Bonchev–Trinajstić information content (AvgIpc) is 2.01. The Morgan fingerprint density at radius 2 is 1.71 bits per heavy atom. The molecule has 0 amide bonds. The van der Waals surface area contributed by atoms with Crippen LogP contribution in [0.3, 0.4) is 0 Å². The first-order chi connectivity index (χ1) is 6.41. The summed E-state index contributed by atoms with van der Waals surface area (Å²) < 4.78 is 24.3. The largest absolute Gasteiger partial charge is 0.270 e. The molecule has 0 bridgehead atoms. The van der Waals surface area contributed by atoms with Crippen molar-refractivity contribution in [2.75, 3.05) is 0 Å². The highest BCUT2D eigenvalue weighted by atomic mass is 19.3. The van der Waals surface area contributed by atoms with Gasteiger partial charge in [-0.25, -0.2) is 0 Å². The molecule has 0 aliphatic carbocycles. The standard InChI is InChI=1S/C12H14F2/c1-12(2,3)10-7-5-4-6-9(10)8-11(13)14/h4-8H,1-3H3. The van der Waals surface area contributed by atoms with E-state index in [-0.39, 0.29) is 5.41 Å². The number of rotatable bonds is 1. The Morgan fingerprint density at radius 3 is 2.21 bits per heavy atom. The Labute approximate surface area is 83.3 Å². The summed E-state index contributed by atoms with van der Waals surface area (Å²) in [6, 6.07) is 7.23. The van der Waals surface area contributed by atoms with Gasteiger partial charge in [0.25, 0.3) is 6.08 Å². The molecule has 0 heterocycles. The lowest BCUT2D eigenvalue weighted by molar-refractivity contribution is 0.429. The van der Waals surface area contributed by atoms with Crippen LogP contribution in [0.5, 0.6) is 0 Å². The molecule has 0 saturated carbocycles. The van der Waals surface area contributed by atoms with Gasteiger partial charge in [-0.3, -0.25) is 0 Å². The van der Waals surface area contributed by atoms with E-state index in [2.05, 4.69) is 0 Å². The first kappa shape index (κ1) is 10.9. The van der Waals surface area contributed by atoms with Gasteiger partial charge < -0.3 is 0 Å². The molecule has 0 unspecified atom stereocenters. The maximum Gasteiger partial charge on any atom is 0.270 e. The maximum atomic E-state index is 12.1. The topological polar surface area (TPSA) is 0 Å². The highest BCUT2D eigenvalue weighted by Crippen LogP contribution is 2.27. The van der Waals surface area contributed by atoms with Crippen molar-refractivity contribution in [3.8, 4) is 0 Å². The molecule has 0 aliphatic heterocycles. The van der Waals surface area contributed by atoms with Crippen molar-refractivity contribution in [3.05, 3.63) is 41.5 Å². The first-order valence-electron chi connectivity index (χ1n) is 4.53. The predicted octanol–water partition coefficient (Wildman–Crippen LogP) is 4.22. The third-order valence-corrected chi connectivity index (χ3v) is 2.03. The minimum absolute atomic E-state index is 0.109. The van der Waals surface area contributed by atoms with Crippen molar-refractivity contribution in [3.63, 3.8) is 0 Å². The molecule has 2 heteroatoms. The molecule has 0 atom stereocenters. The smallest absolute Gasteiger partial charge is 0.173 e. The minimum Gasteiger partial charge on any atom is -0.173 e. The monoisotopic (exact) mass is 196 g/mol. The van der Waals surface area contributed by atoms with Crippen molar-refractivity contribution < 1.29 is 8.78 Å². The Kier molecular flexibility index (Phi) is 3.04. The molecule has 0 aliphatic rings. The zero-order valence-corrected chi connectivity index (χ0v) is 8.64. The molecule has 0 N–H and O–H groups in total. The summed E-state index contributed by atoms with van der Waals surface area (Å²) in [6.45, 7) is 6.03. The van der Waals surface area contributed by atoms with E-state index in [1.807, 2.05) is 32.9 Å². The summed E-state index contributed by atoms with van der Waals surface area (Å²) in [5.74, 6) is 0. The average molecular weight is 196 g/mol. The third-order valence-electron chi connectivity index (χ3n) is 2.03. The zero-order valence-electron chi connectivity index (χ0n) is 8.64. The summed E-state index contributed by atoms with van der Waals surface area (Å²) >= 11 is 0. The summed E-state index contributed by atoms with van der Waals surface area (Å²) in [6.07, 6.45) is -0.734. The van der Waals surface area contributed by atoms with Crippen LogP contribution in [-0.2, 0) is 5.41 Å². The van der Waals surface area contributed by atoms with Gasteiger partial charge in [0.05, 0.1) is 0 Å². The lowest BCUT2D eigenvalue weighted by Crippen LogP contribution is -2.12. The summed E-state index contributed by atoms with van der Waals surface area (Å²) in [4.78, 5) is 0. The lowest BCUT2D eigenvalue weighted by atomic mass is 9.84. The first-order valence-corrected chi connectivity index (χ1v) is 4.53. The number of hydrogen-bond donors (Lipinski definition) is 0. The van der Waals surface area contributed by atoms with Crippen LogP contribution in [0.1, 0.15) is 31.9 Å². The van der Waals surface area contributed by atoms with Crippen LogP contribution in [-0.4, -0.2) is 0 Å². The Bertz CT molecular complexity index is 342. The number of benzene rings is 1. The predicted molar refractivity (Wildman–Crippen MR) is 55.3 cm³/mol. The molecule has 76 valence electrons. The van der Waals surface area contributed by atoms with Crippen molar-refractivity contribution in [1.29, 1.82) is 0 Å². The van der Waals surface area contributed by atoms with Gasteiger partial charge in [0.2, 0.25) is 0 Å². The lowest BCUT2D eigenvalue weighted by Gasteiger charge is -2.21. The molecule has 0 aromatic heterocycles. The van der Waals surface area contributed by atoms with Crippen LogP contribution in [0.15, 0.2) is 30.3 Å². The van der Waals surface area contributed by atoms with Crippen molar-refractivity contribution in [1.82, 2.24) is 0 Å². The summed E-state index contributed by atoms with van der Waals surface area (Å²) in [7, 11) is 0. The second kappa shape index (κ2) is 3.91. The van der Waals surface area contributed by atoms with Crippen LogP contribution in [0, 0.1) is 0 Å². The SMILES string of the molecule is CC(C)(C)c1ccccc1C=C(F)F. The second-order valence-electron chi connectivity index (χ2n) is 4.27. The molecular weight excluding hydrogens is 182 g/mol. The van der Waals surface area contributed by atoms with Gasteiger partial charge in [-0.15, -0.1) is 0 Å². The molecule has 0 radical (unpaired) electrons. The van der Waals surface area contributed by atoms with Gasteiger partial charge in [0, 0.05) is 6.08 Å². The fourth-order valence-corrected chi connectivity index (χ4v) is 1.42. The highest BCUT2D eigenvalue weighted by Gasteiger charge is 2.16. The molecule has 0 saturated heterocycles.